The van der Waals surface area contributed by atoms with Crippen LogP contribution in [-0.4, -0.2) is 22.0 Å². The Labute approximate surface area is 155 Å². The van der Waals surface area contributed by atoms with Gasteiger partial charge in [0.05, 0.1) is 22.3 Å². The number of nitrogens with one attached hydrogen (secondary N) is 1. The normalized spacial score (nSPS) is 10.8. The third kappa shape index (κ3) is 4.01. The van der Waals surface area contributed by atoms with E-state index in [9.17, 15) is 14.9 Å². The van der Waals surface area contributed by atoms with Crippen molar-refractivity contribution in [1.29, 1.82) is 0 Å². The van der Waals surface area contributed by atoms with Crippen LogP contribution in [0.15, 0.2) is 68.8 Å². The molecule has 3 rings (SSSR count). The minimum Gasteiger partial charge on any atom is -0.455 e. The minimum absolute atomic E-state index is 0.0548. The lowest BCUT2D eigenvalue weighted by molar-refractivity contribution is -0.384. The summed E-state index contributed by atoms with van der Waals surface area (Å²) < 4.78 is 6.22. The van der Waals surface area contributed by atoms with Crippen molar-refractivity contribution < 1.29 is 14.1 Å². The molecular weight excluding hydrogens is 404 g/mol. The Bertz CT molecular complexity index is 1000. The van der Waals surface area contributed by atoms with E-state index in [4.69, 9.17) is 4.42 Å². The third-order valence-electron chi connectivity index (χ3n) is 3.32. The second-order valence-corrected chi connectivity index (χ2v) is 5.98. The third-order valence-corrected chi connectivity index (χ3v) is 3.75. The number of nitrogens with zero attached hydrogens (tertiary/aromatic N) is 3. The second kappa shape index (κ2) is 7.70. The topological polar surface area (TPSA) is 111 Å². The van der Waals surface area contributed by atoms with E-state index in [1.807, 2.05) is 0 Å². The Morgan fingerprint density at radius 2 is 2.08 bits per heavy atom. The largest absolute Gasteiger partial charge is 0.455 e. The van der Waals surface area contributed by atoms with Crippen molar-refractivity contribution >= 4 is 33.7 Å². The van der Waals surface area contributed by atoms with Gasteiger partial charge in [-0.25, -0.2) is 5.43 Å². The van der Waals surface area contributed by atoms with Crippen LogP contribution in [0.1, 0.15) is 16.1 Å². The van der Waals surface area contributed by atoms with Gasteiger partial charge in [-0.1, -0.05) is 12.1 Å². The van der Waals surface area contributed by atoms with Gasteiger partial charge in [0.25, 0.3) is 11.6 Å². The Morgan fingerprint density at radius 1 is 1.27 bits per heavy atom. The number of aromatic nitrogens is 1. The van der Waals surface area contributed by atoms with Gasteiger partial charge in [-0.15, -0.1) is 0 Å². The van der Waals surface area contributed by atoms with Crippen LogP contribution in [0.3, 0.4) is 0 Å². The molecule has 1 aromatic carbocycles. The van der Waals surface area contributed by atoms with Crippen LogP contribution in [0.2, 0.25) is 0 Å². The van der Waals surface area contributed by atoms with Gasteiger partial charge in [-0.05, 0) is 40.2 Å². The molecule has 0 aliphatic rings. The number of hydrogen-bond donors (Lipinski definition) is 1. The molecule has 0 atom stereocenters. The van der Waals surface area contributed by atoms with Crippen molar-refractivity contribution in [3.8, 4) is 11.3 Å². The highest BCUT2D eigenvalue weighted by Crippen LogP contribution is 2.30. The highest BCUT2D eigenvalue weighted by Gasteiger charge is 2.16. The van der Waals surface area contributed by atoms with Crippen molar-refractivity contribution in [3.05, 3.63) is 80.8 Å². The molecule has 8 nitrogen and oxygen atoms in total. The van der Waals surface area contributed by atoms with Gasteiger partial charge in [0.2, 0.25) is 0 Å². The van der Waals surface area contributed by atoms with Gasteiger partial charge in [-0.2, -0.15) is 5.10 Å². The number of amides is 1. The van der Waals surface area contributed by atoms with E-state index in [1.165, 1.54) is 18.5 Å². The second-order valence-electron chi connectivity index (χ2n) is 5.07. The molecule has 1 amide bonds. The fraction of sp³-hybridized carbons (Fsp3) is 0. The molecule has 1 N–H and O–H groups in total. The number of para-hydroxylation sites is 1. The van der Waals surface area contributed by atoms with Crippen LogP contribution >= 0.6 is 15.9 Å². The first kappa shape index (κ1) is 17.5. The van der Waals surface area contributed by atoms with Gasteiger partial charge >= 0.3 is 0 Å². The van der Waals surface area contributed by atoms with Crippen LogP contribution < -0.4 is 5.43 Å². The van der Waals surface area contributed by atoms with Crippen LogP contribution in [0.4, 0.5) is 5.69 Å². The summed E-state index contributed by atoms with van der Waals surface area (Å²) in [5.41, 5.74) is 3.01. The molecule has 0 saturated heterocycles. The zero-order valence-electron chi connectivity index (χ0n) is 13.1. The number of carbonyl (C=O) groups is 1. The highest BCUT2D eigenvalue weighted by molar-refractivity contribution is 9.10. The fourth-order valence-corrected chi connectivity index (χ4v) is 2.53. The van der Waals surface area contributed by atoms with Crippen LogP contribution in [-0.2, 0) is 0 Å². The van der Waals surface area contributed by atoms with E-state index in [0.717, 1.165) is 0 Å². The molecule has 0 spiro atoms. The number of benzene rings is 1. The average molecular weight is 415 g/mol. The lowest BCUT2D eigenvalue weighted by Gasteiger charge is -1.99. The summed E-state index contributed by atoms with van der Waals surface area (Å²) in [6.45, 7) is 0. The monoisotopic (exact) mass is 414 g/mol. The van der Waals surface area contributed by atoms with E-state index in [-0.39, 0.29) is 5.69 Å². The van der Waals surface area contributed by atoms with Gasteiger partial charge in [0.15, 0.2) is 0 Å². The average Bonchev–Trinajstić information content (AvgIpc) is 3.10. The first-order valence-electron chi connectivity index (χ1n) is 7.32. The van der Waals surface area contributed by atoms with E-state index in [2.05, 4.69) is 31.4 Å². The molecule has 0 radical (unpaired) electrons. The summed E-state index contributed by atoms with van der Waals surface area (Å²) in [6.07, 6.45) is 4.28. The molecule has 0 bridgehead atoms. The maximum Gasteiger partial charge on any atom is 0.280 e. The number of pyridine rings is 1. The Morgan fingerprint density at radius 3 is 2.85 bits per heavy atom. The molecule has 26 heavy (non-hydrogen) atoms. The molecular formula is C17H11BrN4O4. The van der Waals surface area contributed by atoms with Gasteiger partial charge in [-0.3, -0.25) is 19.9 Å². The number of halogens is 1. The maximum atomic E-state index is 11.9. The molecule has 0 aliphatic heterocycles. The van der Waals surface area contributed by atoms with Crippen molar-refractivity contribution in [2.45, 2.75) is 0 Å². The Balaban J connectivity index is 1.72. The first-order chi connectivity index (χ1) is 12.5. The number of rotatable bonds is 5. The number of hydrazone groups is 1. The van der Waals surface area contributed by atoms with Gasteiger partial charge in [0, 0.05) is 22.9 Å². The molecule has 2 heterocycles. The van der Waals surface area contributed by atoms with E-state index in [0.29, 0.717) is 27.1 Å². The first-order valence-corrected chi connectivity index (χ1v) is 8.11. The predicted octanol–water partition coefficient (Wildman–Crippen LogP) is 3.78. The smallest absolute Gasteiger partial charge is 0.280 e. The highest BCUT2D eigenvalue weighted by atomic mass is 79.9. The summed E-state index contributed by atoms with van der Waals surface area (Å²) in [6, 6.07) is 11.1. The predicted molar refractivity (Wildman–Crippen MR) is 97.8 cm³/mol. The zero-order valence-corrected chi connectivity index (χ0v) is 14.7. The van der Waals surface area contributed by atoms with Crippen molar-refractivity contribution in [1.82, 2.24) is 10.4 Å². The van der Waals surface area contributed by atoms with E-state index >= 15 is 0 Å². The lowest BCUT2D eigenvalue weighted by Crippen LogP contribution is -2.17. The molecule has 0 aliphatic carbocycles. The standard InChI is InChI=1S/C17H11BrN4O4/c18-12-7-11(8-19-9-12)17(23)21-20-10-13-5-6-16(26-13)14-3-1-2-4-15(14)22(24)25/h1-10H,(H,21,23)/b20-10-. The van der Waals surface area contributed by atoms with Crippen molar-refractivity contribution in [2.24, 2.45) is 5.10 Å². The number of carbonyl (C=O) groups excluding carboxylic acids is 1. The summed E-state index contributed by atoms with van der Waals surface area (Å²) in [5, 5.41) is 14.9. The SMILES string of the molecule is O=C(N/N=C\c1ccc(-c2ccccc2[N+](=O)[O-])o1)c1cncc(Br)c1. The maximum absolute atomic E-state index is 11.9. The van der Waals surface area contributed by atoms with Gasteiger partial charge < -0.3 is 4.42 Å². The molecule has 2 aromatic heterocycles. The summed E-state index contributed by atoms with van der Waals surface area (Å²) in [4.78, 5) is 26.5. The van der Waals surface area contributed by atoms with Crippen molar-refractivity contribution in [2.75, 3.05) is 0 Å². The van der Waals surface area contributed by atoms with Crippen molar-refractivity contribution in [3.63, 3.8) is 0 Å². The summed E-state index contributed by atoms with van der Waals surface area (Å²) in [5.74, 6) is 0.243. The van der Waals surface area contributed by atoms with E-state index in [1.54, 1.807) is 42.6 Å². The molecule has 0 unspecified atom stereocenters. The number of nitro groups is 1. The van der Waals surface area contributed by atoms with Crippen LogP contribution in [0.5, 0.6) is 0 Å². The van der Waals surface area contributed by atoms with Gasteiger partial charge in [0.1, 0.15) is 11.5 Å². The zero-order chi connectivity index (χ0) is 18.5. The quantitative estimate of drug-likeness (QED) is 0.387. The molecule has 0 fully saturated rings. The molecule has 9 heteroatoms. The summed E-state index contributed by atoms with van der Waals surface area (Å²) >= 11 is 3.23. The lowest BCUT2D eigenvalue weighted by atomic mass is 10.1. The number of nitro benzene ring substituents is 1. The number of hydrogen-bond acceptors (Lipinski definition) is 6. The minimum atomic E-state index is -0.474. The van der Waals surface area contributed by atoms with Crippen LogP contribution in [0.25, 0.3) is 11.3 Å². The van der Waals surface area contributed by atoms with E-state index < -0.39 is 10.8 Å². The number of furan rings is 1. The molecule has 130 valence electrons. The Kier molecular flexibility index (Phi) is 5.18. The molecule has 3 aromatic rings. The fourth-order valence-electron chi connectivity index (χ4n) is 2.16. The summed E-state index contributed by atoms with van der Waals surface area (Å²) in [7, 11) is 0. The Hall–Kier alpha value is -3.33. The van der Waals surface area contributed by atoms with Crippen LogP contribution in [0, 0.1) is 10.1 Å². The molecule has 0 saturated carbocycles.